The van der Waals surface area contributed by atoms with E-state index >= 15 is 0 Å². The average Bonchev–Trinajstić information content (AvgIpc) is 2.78. The Morgan fingerprint density at radius 1 is 1.18 bits per heavy atom. The Kier molecular flexibility index (Phi) is 6.53. The number of anilines is 1. The molecule has 1 saturated carbocycles. The molecule has 1 heterocycles. The van der Waals surface area contributed by atoms with Gasteiger partial charge in [0.05, 0.1) is 42.3 Å². The molecule has 9 heteroatoms. The molecule has 2 aromatic carbocycles. The van der Waals surface area contributed by atoms with Crippen molar-refractivity contribution < 1.29 is 32.6 Å². The Morgan fingerprint density at radius 2 is 1.94 bits per heavy atom. The van der Waals surface area contributed by atoms with Crippen LogP contribution in [0.5, 0.6) is 0 Å². The summed E-state index contributed by atoms with van der Waals surface area (Å²) in [6.07, 6.45) is 4.14. The third-order valence-corrected chi connectivity index (χ3v) is 6.47. The van der Waals surface area contributed by atoms with E-state index in [0.717, 1.165) is 11.8 Å². The minimum atomic E-state index is -3.37. The molecule has 2 N–H and O–H groups in total. The number of sulfonamides is 1. The third kappa shape index (κ3) is 5.61. The summed E-state index contributed by atoms with van der Waals surface area (Å²) in [5.41, 5.74) is 2.59. The van der Waals surface area contributed by atoms with Crippen molar-refractivity contribution in [2.75, 3.05) is 11.0 Å². The van der Waals surface area contributed by atoms with Crippen molar-refractivity contribution in [2.45, 2.75) is 38.1 Å². The fourth-order valence-corrected chi connectivity index (χ4v) is 4.82. The second kappa shape index (κ2) is 9.36. The van der Waals surface area contributed by atoms with E-state index in [4.69, 9.17) is 14.6 Å². The first-order valence-corrected chi connectivity index (χ1v) is 12.5. The van der Waals surface area contributed by atoms with Gasteiger partial charge in [-0.25, -0.2) is 13.2 Å². The van der Waals surface area contributed by atoms with E-state index in [1.54, 1.807) is 36.4 Å². The minimum Gasteiger partial charge on any atom is -0.496 e. The monoisotopic (exact) mass is 471 g/mol. The largest absolute Gasteiger partial charge is 0.496 e. The van der Waals surface area contributed by atoms with Crippen molar-refractivity contribution in [3.05, 3.63) is 71.5 Å². The van der Waals surface area contributed by atoms with Crippen molar-refractivity contribution in [1.82, 2.24) is 0 Å². The molecule has 0 amide bonds. The molecular formula is C24H25NO7S. The maximum atomic E-state index is 13.1. The van der Waals surface area contributed by atoms with Gasteiger partial charge in [-0.05, 0) is 48.2 Å². The van der Waals surface area contributed by atoms with Gasteiger partial charge in [-0.15, -0.1) is 0 Å². The number of aromatic carboxylic acids is 1. The van der Waals surface area contributed by atoms with Gasteiger partial charge in [0.15, 0.2) is 5.78 Å². The van der Waals surface area contributed by atoms with Gasteiger partial charge in [-0.1, -0.05) is 24.3 Å². The molecule has 0 spiro atoms. The Labute approximate surface area is 192 Å². The molecule has 3 atom stereocenters. The maximum Gasteiger partial charge on any atom is 0.335 e. The lowest BCUT2D eigenvalue weighted by molar-refractivity contribution is -0.128. The number of carboxylic acid groups (broad SMARTS) is 1. The van der Waals surface area contributed by atoms with E-state index in [1.807, 2.05) is 6.07 Å². The quantitative estimate of drug-likeness (QED) is 0.635. The van der Waals surface area contributed by atoms with E-state index < -0.39 is 16.0 Å². The first kappa shape index (κ1) is 23.0. The number of Topliss-reactive ketones (excluding diaryl/α,β-unsaturated/α-hetero) is 1. The molecule has 1 aliphatic heterocycles. The van der Waals surface area contributed by atoms with Crippen molar-refractivity contribution >= 4 is 33.0 Å². The molecule has 8 nitrogen and oxygen atoms in total. The van der Waals surface area contributed by atoms with Gasteiger partial charge in [-0.3, -0.25) is 9.52 Å². The summed E-state index contributed by atoms with van der Waals surface area (Å²) in [7, 11) is -3.37. The van der Waals surface area contributed by atoms with E-state index in [0.29, 0.717) is 42.7 Å². The van der Waals surface area contributed by atoms with Gasteiger partial charge in [0.2, 0.25) is 10.0 Å². The van der Waals surface area contributed by atoms with Crippen molar-refractivity contribution in [3.63, 3.8) is 0 Å². The molecule has 1 fully saturated rings. The number of ketones is 1. The zero-order valence-corrected chi connectivity index (χ0v) is 18.9. The first-order chi connectivity index (χ1) is 15.7. The number of ether oxygens (including phenoxy) is 2. The molecule has 1 aliphatic carbocycles. The molecule has 4 rings (SSSR count). The number of carboxylic acids is 1. The van der Waals surface area contributed by atoms with Gasteiger partial charge in [0.1, 0.15) is 6.10 Å². The molecule has 0 saturated heterocycles. The molecule has 174 valence electrons. The van der Waals surface area contributed by atoms with Crippen LogP contribution in [0.4, 0.5) is 5.69 Å². The van der Waals surface area contributed by atoms with Crippen LogP contribution in [-0.2, 0) is 30.9 Å². The number of hydrogen-bond donors (Lipinski definition) is 2. The summed E-state index contributed by atoms with van der Waals surface area (Å²) in [5, 5.41) is 9.12. The second-order valence-corrected chi connectivity index (χ2v) is 10.1. The van der Waals surface area contributed by atoms with Crippen LogP contribution in [0.15, 0.2) is 54.8 Å². The number of rotatable bonds is 7. The molecule has 2 aliphatic rings. The fourth-order valence-electron chi connectivity index (χ4n) is 4.26. The lowest BCUT2D eigenvalue weighted by Crippen LogP contribution is -2.41. The molecule has 3 unspecified atom stereocenters. The lowest BCUT2D eigenvalue weighted by Gasteiger charge is -2.37. The summed E-state index contributed by atoms with van der Waals surface area (Å²) < 4.78 is 37.0. The Balaban J connectivity index is 1.38. The highest BCUT2D eigenvalue weighted by Crippen LogP contribution is 2.37. The highest BCUT2D eigenvalue weighted by atomic mass is 32.2. The highest BCUT2D eigenvalue weighted by Gasteiger charge is 2.40. The van der Waals surface area contributed by atoms with Crippen LogP contribution in [0.25, 0.3) is 5.57 Å². The standard InChI is InChI=1S/C24H25NO7S/c1-33(29,30)25-18-7-5-16(6-8-18)21-14-32-22-12-19(9-10-20(22)23(21)26)31-13-15-3-2-4-17(11-15)24(27)28/h2-8,11,14,19-20,22,25H,9-10,12-13H2,1H3,(H,27,28). The third-order valence-electron chi connectivity index (χ3n) is 5.87. The number of carbonyl (C=O) groups excluding carboxylic acids is 1. The van der Waals surface area contributed by atoms with Gasteiger partial charge >= 0.3 is 5.97 Å². The fraction of sp³-hybridized carbons (Fsp3) is 0.333. The molecule has 0 radical (unpaired) electrons. The van der Waals surface area contributed by atoms with E-state index in [9.17, 15) is 18.0 Å². The second-order valence-electron chi connectivity index (χ2n) is 8.38. The first-order valence-electron chi connectivity index (χ1n) is 10.6. The molecule has 0 bridgehead atoms. The van der Waals surface area contributed by atoms with Gasteiger partial charge in [-0.2, -0.15) is 0 Å². The number of nitrogens with one attached hydrogen (secondary N) is 1. The topological polar surface area (TPSA) is 119 Å². The smallest absolute Gasteiger partial charge is 0.335 e. The van der Waals surface area contributed by atoms with Gasteiger partial charge < -0.3 is 14.6 Å². The van der Waals surface area contributed by atoms with Gasteiger partial charge in [0.25, 0.3) is 0 Å². The Hall–Kier alpha value is -3.17. The summed E-state index contributed by atoms with van der Waals surface area (Å²) >= 11 is 0. The van der Waals surface area contributed by atoms with E-state index in [-0.39, 0.29) is 29.5 Å². The number of benzene rings is 2. The Bertz CT molecular complexity index is 1190. The molecule has 0 aromatic heterocycles. The number of carbonyl (C=O) groups is 2. The van der Waals surface area contributed by atoms with Crippen molar-refractivity contribution in [2.24, 2.45) is 5.92 Å². The minimum absolute atomic E-state index is 0.0164. The van der Waals surface area contributed by atoms with Crippen molar-refractivity contribution in [1.29, 1.82) is 0 Å². The maximum absolute atomic E-state index is 13.1. The summed E-state index contributed by atoms with van der Waals surface area (Å²) in [5.74, 6) is -1.22. The van der Waals surface area contributed by atoms with Crippen LogP contribution >= 0.6 is 0 Å². The van der Waals surface area contributed by atoms with E-state index in [1.165, 1.54) is 12.3 Å². The normalized spacial score (nSPS) is 22.6. The summed E-state index contributed by atoms with van der Waals surface area (Å²) in [6, 6.07) is 13.3. The number of allylic oxidation sites excluding steroid dienone is 1. The predicted molar refractivity (Wildman–Crippen MR) is 122 cm³/mol. The lowest BCUT2D eigenvalue weighted by atomic mass is 9.78. The van der Waals surface area contributed by atoms with E-state index in [2.05, 4.69) is 4.72 Å². The molecule has 2 aromatic rings. The van der Waals surface area contributed by atoms with Crippen LogP contribution in [0, 0.1) is 5.92 Å². The van der Waals surface area contributed by atoms with Crippen LogP contribution in [0.3, 0.4) is 0 Å². The van der Waals surface area contributed by atoms with Crippen LogP contribution in [0.1, 0.15) is 40.7 Å². The SMILES string of the molecule is CS(=O)(=O)Nc1ccc(C2=COC3CC(OCc4cccc(C(=O)O)c4)CCC3C2=O)cc1. The zero-order valence-electron chi connectivity index (χ0n) is 18.1. The number of fused-ring (bicyclic) bond motifs is 1. The van der Waals surface area contributed by atoms with Crippen molar-refractivity contribution in [3.8, 4) is 0 Å². The Morgan fingerprint density at radius 3 is 2.64 bits per heavy atom. The van der Waals surface area contributed by atoms with Crippen LogP contribution < -0.4 is 4.72 Å². The average molecular weight is 472 g/mol. The van der Waals surface area contributed by atoms with Gasteiger partial charge in [0, 0.05) is 12.1 Å². The molecular weight excluding hydrogens is 446 g/mol. The van der Waals surface area contributed by atoms with Crippen LogP contribution in [-0.4, -0.2) is 43.7 Å². The van der Waals surface area contributed by atoms with Crippen LogP contribution in [0.2, 0.25) is 0 Å². The number of hydrogen-bond acceptors (Lipinski definition) is 6. The zero-order chi connectivity index (χ0) is 23.6. The highest BCUT2D eigenvalue weighted by molar-refractivity contribution is 7.92. The predicted octanol–water partition coefficient (Wildman–Crippen LogP) is 3.45. The summed E-state index contributed by atoms with van der Waals surface area (Å²) in [6.45, 7) is 0.298. The molecule has 33 heavy (non-hydrogen) atoms. The summed E-state index contributed by atoms with van der Waals surface area (Å²) in [4.78, 5) is 24.2.